The Morgan fingerprint density at radius 1 is 1.35 bits per heavy atom. The number of halogens is 1. The van der Waals surface area contributed by atoms with E-state index in [9.17, 15) is 14.0 Å². The van der Waals surface area contributed by atoms with Crippen molar-refractivity contribution in [1.82, 2.24) is 10.2 Å². The first-order valence-corrected chi connectivity index (χ1v) is 9.08. The van der Waals surface area contributed by atoms with Crippen LogP contribution in [0.25, 0.3) is 0 Å². The highest BCUT2D eigenvalue weighted by Crippen LogP contribution is 2.43. The molecule has 2 amide bonds. The van der Waals surface area contributed by atoms with Crippen LogP contribution in [0.3, 0.4) is 0 Å². The van der Waals surface area contributed by atoms with Crippen molar-refractivity contribution in [1.29, 1.82) is 0 Å². The fourth-order valence-corrected chi connectivity index (χ4v) is 3.80. The van der Waals surface area contributed by atoms with Crippen LogP contribution in [0.1, 0.15) is 43.0 Å². The first-order chi connectivity index (χ1) is 12.5. The summed E-state index contributed by atoms with van der Waals surface area (Å²) in [4.78, 5) is 27.4. The molecule has 1 saturated carbocycles. The number of nitrogens with zero attached hydrogens (tertiary/aromatic N) is 1. The first-order valence-electron chi connectivity index (χ1n) is 9.08. The minimum absolute atomic E-state index is 0.171. The summed E-state index contributed by atoms with van der Waals surface area (Å²) in [7, 11) is 0. The van der Waals surface area contributed by atoms with Gasteiger partial charge in [-0.05, 0) is 55.9 Å². The summed E-state index contributed by atoms with van der Waals surface area (Å²) in [6.45, 7) is 6.28. The molecule has 1 spiro atoms. The van der Waals surface area contributed by atoms with Gasteiger partial charge in [0.05, 0.1) is 6.61 Å². The van der Waals surface area contributed by atoms with Crippen molar-refractivity contribution in [3.8, 4) is 0 Å². The standard InChI is InChI=1S/C20H25FN2O3/c1-3-12-22-18(24)17-13-26-20(10-8-14(2)9-11-20)23(17)19(25)15-4-6-16(21)7-5-15/h3-7,14,17H,1,8-13H2,2H3,(H,22,24). The van der Waals surface area contributed by atoms with Crippen molar-refractivity contribution >= 4 is 11.8 Å². The lowest BCUT2D eigenvalue weighted by Gasteiger charge is -2.43. The average molecular weight is 360 g/mol. The third-order valence-electron chi connectivity index (χ3n) is 5.35. The fraction of sp³-hybridized carbons (Fsp3) is 0.500. The van der Waals surface area contributed by atoms with Gasteiger partial charge in [0, 0.05) is 12.1 Å². The maximum absolute atomic E-state index is 13.2. The van der Waals surface area contributed by atoms with Crippen LogP contribution >= 0.6 is 0 Å². The molecule has 1 aliphatic heterocycles. The number of rotatable bonds is 4. The number of nitrogens with one attached hydrogen (secondary N) is 1. The summed E-state index contributed by atoms with van der Waals surface area (Å²) >= 11 is 0. The molecule has 1 atom stereocenters. The van der Waals surface area contributed by atoms with Gasteiger partial charge in [0.25, 0.3) is 5.91 Å². The van der Waals surface area contributed by atoms with Gasteiger partial charge in [0.2, 0.25) is 5.91 Å². The normalized spacial score (nSPS) is 28.2. The molecule has 1 aromatic carbocycles. The Morgan fingerprint density at radius 3 is 2.62 bits per heavy atom. The quantitative estimate of drug-likeness (QED) is 0.840. The molecule has 3 rings (SSSR count). The van der Waals surface area contributed by atoms with E-state index in [1.54, 1.807) is 11.0 Å². The highest BCUT2D eigenvalue weighted by atomic mass is 19.1. The molecular formula is C20H25FN2O3. The number of hydrogen-bond acceptors (Lipinski definition) is 3. The Bertz CT molecular complexity index is 681. The smallest absolute Gasteiger partial charge is 0.256 e. The molecule has 1 aliphatic carbocycles. The molecule has 1 unspecified atom stereocenters. The van der Waals surface area contributed by atoms with E-state index in [0.29, 0.717) is 30.9 Å². The number of carbonyl (C=O) groups excluding carboxylic acids is 2. The van der Waals surface area contributed by atoms with E-state index in [1.807, 2.05) is 0 Å². The minimum atomic E-state index is -0.756. The molecule has 26 heavy (non-hydrogen) atoms. The van der Waals surface area contributed by atoms with Crippen LogP contribution in [-0.2, 0) is 9.53 Å². The number of benzene rings is 1. The van der Waals surface area contributed by atoms with Crippen LogP contribution < -0.4 is 5.32 Å². The number of carbonyl (C=O) groups is 2. The maximum atomic E-state index is 13.2. The Balaban J connectivity index is 1.91. The van der Waals surface area contributed by atoms with Crippen molar-refractivity contribution in [2.75, 3.05) is 13.2 Å². The summed E-state index contributed by atoms with van der Waals surface area (Å²) in [6.07, 6.45) is 4.87. The lowest BCUT2D eigenvalue weighted by Crippen LogP contribution is -2.56. The van der Waals surface area contributed by atoms with Crippen molar-refractivity contribution in [2.24, 2.45) is 5.92 Å². The molecule has 5 nitrogen and oxygen atoms in total. The highest BCUT2D eigenvalue weighted by Gasteiger charge is 2.53. The molecule has 1 aromatic rings. The van der Waals surface area contributed by atoms with E-state index in [1.165, 1.54) is 24.3 Å². The van der Waals surface area contributed by atoms with Crippen LogP contribution in [0.5, 0.6) is 0 Å². The summed E-state index contributed by atoms with van der Waals surface area (Å²) in [6, 6.07) is 4.72. The maximum Gasteiger partial charge on any atom is 0.256 e. The lowest BCUT2D eigenvalue weighted by molar-refractivity contribution is -0.127. The van der Waals surface area contributed by atoms with E-state index in [4.69, 9.17) is 4.74 Å². The Hall–Kier alpha value is -2.21. The second kappa shape index (κ2) is 7.58. The zero-order valence-electron chi connectivity index (χ0n) is 15.0. The Morgan fingerprint density at radius 2 is 2.00 bits per heavy atom. The lowest BCUT2D eigenvalue weighted by atomic mass is 9.83. The summed E-state index contributed by atoms with van der Waals surface area (Å²) in [5, 5.41) is 2.76. The van der Waals surface area contributed by atoms with E-state index in [-0.39, 0.29) is 18.4 Å². The predicted octanol–water partition coefficient (Wildman–Crippen LogP) is 2.88. The summed E-state index contributed by atoms with van der Waals surface area (Å²) < 4.78 is 19.3. The highest BCUT2D eigenvalue weighted by molar-refractivity contribution is 5.98. The van der Waals surface area contributed by atoms with E-state index in [2.05, 4.69) is 18.8 Å². The third-order valence-corrected chi connectivity index (χ3v) is 5.35. The molecule has 0 aromatic heterocycles. The number of ether oxygens (including phenoxy) is 1. The molecule has 1 heterocycles. The summed E-state index contributed by atoms with van der Waals surface area (Å²) in [5.74, 6) is -0.381. The van der Waals surface area contributed by atoms with Crippen LogP contribution in [0.15, 0.2) is 36.9 Å². The second-order valence-electron chi connectivity index (χ2n) is 7.17. The van der Waals surface area contributed by atoms with Gasteiger partial charge < -0.3 is 10.1 Å². The Labute approximate surface area is 153 Å². The molecule has 1 saturated heterocycles. The van der Waals surface area contributed by atoms with E-state index in [0.717, 1.165) is 12.8 Å². The van der Waals surface area contributed by atoms with Crippen LogP contribution in [0.4, 0.5) is 4.39 Å². The predicted molar refractivity (Wildman–Crippen MR) is 95.9 cm³/mol. The largest absolute Gasteiger partial charge is 0.353 e. The third kappa shape index (κ3) is 3.51. The number of hydrogen-bond donors (Lipinski definition) is 1. The molecule has 2 aliphatic rings. The van der Waals surface area contributed by atoms with Crippen molar-refractivity contribution in [3.05, 3.63) is 48.3 Å². The van der Waals surface area contributed by atoms with Gasteiger partial charge in [-0.15, -0.1) is 6.58 Å². The van der Waals surface area contributed by atoms with Gasteiger partial charge in [-0.3, -0.25) is 14.5 Å². The summed E-state index contributed by atoms with van der Waals surface area (Å²) in [5.41, 5.74) is -0.398. The fourth-order valence-electron chi connectivity index (χ4n) is 3.80. The zero-order chi connectivity index (χ0) is 18.7. The first kappa shape index (κ1) is 18.6. The molecular weight excluding hydrogens is 335 g/mol. The van der Waals surface area contributed by atoms with E-state index >= 15 is 0 Å². The molecule has 0 radical (unpaired) electrons. The van der Waals surface area contributed by atoms with Crippen molar-refractivity contribution in [2.45, 2.75) is 44.4 Å². The van der Waals surface area contributed by atoms with Crippen molar-refractivity contribution in [3.63, 3.8) is 0 Å². The molecule has 140 valence electrons. The van der Waals surface area contributed by atoms with Gasteiger partial charge in [-0.25, -0.2) is 4.39 Å². The zero-order valence-corrected chi connectivity index (χ0v) is 15.0. The van der Waals surface area contributed by atoms with Gasteiger partial charge in [-0.1, -0.05) is 13.0 Å². The van der Waals surface area contributed by atoms with Crippen LogP contribution in [-0.4, -0.2) is 41.6 Å². The molecule has 1 N–H and O–H groups in total. The minimum Gasteiger partial charge on any atom is -0.353 e. The second-order valence-corrected chi connectivity index (χ2v) is 7.17. The van der Waals surface area contributed by atoms with Crippen LogP contribution in [0.2, 0.25) is 0 Å². The van der Waals surface area contributed by atoms with Gasteiger partial charge in [-0.2, -0.15) is 0 Å². The van der Waals surface area contributed by atoms with Gasteiger partial charge in [0.15, 0.2) is 0 Å². The SMILES string of the molecule is C=CCNC(=O)C1COC2(CCC(C)CC2)N1C(=O)c1ccc(F)cc1. The van der Waals surface area contributed by atoms with Crippen molar-refractivity contribution < 1.29 is 18.7 Å². The molecule has 2 fully saturated rings. The van der Waals surface area contributed by atoms with Gasteiger partial charge in [0.1, 0.15) is 17.6 Å². The average Bonchev–Trinajstić information content (AvgIpc) is 3.01. The topological polar surface area (TPSA) is 58.6 Å². The van der Waals surface area contributed by atoms with Gasteiger partial charge >= 0.3 is 0 Å². The van der Waals surface area contributed by atoms with E-state index < -0.39 is 17.6 Å². The molecule has 6 heteroatoms. The number of amides is 2. The monoisotopic (exact) mass is 360 g/mol. The Kier molecular flexibility index (Phi) is 5.41. The van der Waals surface area contributed by atoms with Crippen LogP contribution in [0, 0.1) is 11.7 Å². The molecule has 0 bridgehead atoms.